The molecule has 0 aromatic heterocycles. The van der Waals surface area contributed by atoms with Crippen molar-refractivity contribution in [2.45, 2.75) is 39.5 Å². The molecule has 0 unspecified atom stereocenters. The fraction of sp³-hybridized carbons (Fsp3) is 0.667. The average Bonchev–Trinajstić information content (AvgIpc) is 1.89. The lowest BCUT2D eigenvalue weighted by atomic mass is 10.1. The summed E-state index contributed by atoms with van der Waals surface area (Å²) in [4.78, 5) is 0. The summed E-state index contributed by atoms with van der Waals surface area (Å²) in [5, 5.41) is 0. The van der Waals surface area contributed by atoms with Gasteiger partial charge in [0, 0.05) is 0 Å². The minimum absolute atomic E-state index is 1.07. The zero-order valence-corrected chi connectivity index (χ0v) is 6.54. The minimum Gasteiger partial charge on any atom is -0.0701 e. The van der Waals surface area contributed by atoms with Crippen molar-refractivity contribution in [1.29, 1.82) is 0 Å². The number of hydrogen-bond acceptors (Lipinski definition) is 0. The Hall–Kier alpha value is -0.260. The summed E-state index contributed by atoms with van der Waals surface area (Å²) in [5.41, 5.74) is 1.38. The molecule has 0 heteroatoms. The molecule has 0 amide bonds. The molecular weight excluding hydrogens is 108 g/mol. The van der Waals surface area contributed by atoms with Crippen molar-refractivity contribution in [3.63, 3.8) is 0 Å². The molecule has 0 fully saturated rings. The molecule has 0 aliphatic carbocycles. The van der Waals surface area contributed by atoms with Crippen molar-refractivity contribution in [2.24, 2.45) is 0 Å². The monoisotopic (exact) mass is 124 g/mol. The van der Waals surface area contributed by atoms with Crippen LogP contribution in [0.25, 0.3) is 0 Å². The molecule has 0 aromatic rings. The van der Waals surface area contributed by atoms with Crippen molar-refractivity contribution in [2.75, 3.05) is 0 Å². The molecule has 0 aliphatic heterocycles. The summed E-state index contributed by atoms with van der Waals surface area (Å²) in [7, 11) is 0. The van der Waals surface area contributed by atoms with Crippen LogP contribution in [0.15, 0.2) is 5.57 Å². The molecule has 0 bridgehead atoms. The van der Waals surface area contributed by atoms with Gasteiger partial charge in [-0.2, -0.15) is 0 Å². The maximum absolute atomic E-state index is 3.78. The Kier molecular flexibility index (Phi) is 5.70. The van der Waals surface area contributed by atoms with Gasteiger partial charge in [-0.05, 0) is 32.8 Å². The van der Waals surface area contributed by atoms with E-state index >= 15 is 0 Å². The lowest BCUT2D eigenvalue weighted by molar-refractivity contribution is 0.738. The van der Waals surface area contributed by atoms with Crippen molar-refractivity contribution >= 4 is 0 Å². The second-order valence-corrected chi connectivity index (χ2v) is 2.34. The van der Waals surface area contributed by atoms with E-state index in [2.05, 4.69) is 19.9 Å². The van der Waals surface area contributed by atoms with Crippen LogP contribution in [0.5, 0.6) is 0 Å². The van der Waals surface area contributed by atoms with Crippen LogP contribution in [-0.4, -0.2) is 0 Å². The first-order valence-electron chi connectivity index (χ1n) is 3.60. The third kappa shape index (κ3) is 5.61. The molecule has 0 saturated heterocycles. The van der Waals surface area contributed by atoms with Gasteiger partial charge in [-0.1, -0.05) is 25.3 Å². The quantitative estimate of drug-likeness (QED) is 0.505. The van der Waals surface area contributed by atoms with Gasteiger partial charge >= 0.3 is 0 Å². The van der Waals surface area contributed by atoms with Gasteiger partial charge in [0.2, 0.25) is 0 Å². The first-order valence-corrected chi connectivity index (χ1v) is 3.60. The van der Waals surface area contributed by atoms with Gasteiger partial charge in [0.05, 0.1) is 0 Å². The van der Waals surface area contributed by atoms with Crippen LogP contribution < -0.4 is 0 Å². The first kappa shape index (κ1) is 8.74. The summed E-state index contributed by atoms with van der Waals surface area (Å²) in [6, 6.07) is 0. The van der Waals surface area contributed by atoms with Crippen LogP contribution in [-0.2, 0) is 0 Å². The molecule has 0 heterocycles. The molecule has 0 aromatic carbocycles. The molecule has 0 atom stereocenters. The number of rotatable bonds is 4. The fourth-order valence-corrected chi connectivity index (χ4v) is 0.692. The van der Waals surface area contributed by atoms with Crippen LogP contribution in [0.3, 0.4) is 0 Å². The number of allylic oxidation sites excluding steroid dienone is 2. The van der Waals surface area contributed by atoms with Crippen molar-refractivity contribution < 1.29 is 0 Å². The number of hydrogen-bond donors (Lipinski definition) is 0. The molecule has 9 heavy (non-hydrogen) atoms. The van der Waals surface area contributed by atoms with Gasteiger partial charge in [0.15, 0.2) is 0 Å². The predicted molar refractivity (Wildman–Crippen MR) is 41.9 cm³/mol. The molecule has 0 saturated carbocycles. The zero-order valence-electron chi connectivity index (χ0n) is 6.54. The first-order chi connectivity index (χ1) is 4.31. The SMILES string of the molecule is [CH2]CCCC/C(C)=[C]/C. The lowest BCUT2D eigenvalue weighted by Crippen LogP contribution is -1.77. The molecule has 2 radical (unpaired) electrons. The summed E-state index contributed by atoms with van der Waals surface area (Å²) in [5.74, 6) is 0. The molecule has 0 rings (SSSR count). The van der Waals surface area contributed by atoms with Gasteiger partial charge in [-0.3, -0.25) is 0 Å². The Balaban J connectivity index is 3.07. The summed E-state index contributed by atoms with van der Waals surface area (Å²) >= 11 is 0. The van der Waals surface area contributed by atoms with E-state index in [0.29, 0.717) is 0 Å². The van der Waals surface area contributed by atoms with Crippen molar-refractivity contribution in [3.8, 4) is 0 Å². The molecular formula is C9H16. The molecule has 0 aliphatic rings. The predicted octanol–water partition coefficient (Wildman–Crippen LogP) is 3.15. The van der Waals surface area contributed by atoms with Crippen LogP contribution in [0.4, 0.5) is 0 Å². The van der Waals surface area contributed by atoms with E-state index in [1.165, 1.54) is 24.8 Å². The van der Waals surface area contributed by atoms with Crippen molar-refractivity contribution in [3.05, 3.63) is 18.6 Å². The summed E-state index contributed by atoms with van der Waals surface area (Å²) < 4.78 is 0. The van der Waals surface area contributed by atoms with E-state index in [4.69, 9.17) is 0 Å². The molecule has 52 valence electrons. The highest BCUT2D eigenvalue weighted by Gasteiger charge is 1.86. The Morgan fingerprint density at radius 1 is 1.44 bits per heavy atom. The van der Waals surface area contributed by atoms with Gasteiger partial charge in [-0.25, -0.2) is 0 Å². The smallest absolute Gasteiger partial charge is 0.0317 e. The average molecular weight is 124 g/mol. The highest BCUT2D eigenvalue weighted by atomic mass is 13.9. The van der Waals surface area contributed by atoms with E-state index in [1.807, 2.05) is 6.92 Å². The highest BCUT2D eigenvalue weighted by Crippen LogP contribution is 2.06. The minimum atomic E-state index is 1.07. The number of unbranched alkanes of at least 4 members (excludes halogenated alkanes) is 2. The van der Waals surface area contributed by atoms with Gasteiger partial charge in [0.1, 0.15) is 0 Å². The van der Waals surface area contributed by atoms with Crippen LogP contribution in [0.2, 0.25) is 0 Å². The molecule has 0 nitrogen and oxygen atoms in total. The Bertz CT molecular complexity index is 80.0. The van der Waals surface area contributed by atoms with E-state index < -0.39 is 0 Å². The van der Waals surface area contributed by atoms with E-state index in [9.17, 15) is 0 Å². The summed E-state index contributed by atoms with van der Waals surface area (Å²) in [6.45, 7) is 7.88. The largest absolute Gasteiger partial charge is 0.0701 e. The third-order valence-corrected chi connectivity index (χ3v) is 1.48. The summed E-state index contributed by atoms with van der Waals surface area (Å²) in [6.07, 6.45) is 7.91. The molecule has 0 N–H and O–H groups in total. The topological polar surface area (TPSA) is 0 Å². The Morgan fingerprint density at radius 2 is 2.11 bits per heavy atom. The highest BCUT2D eigenvalue weighted by molar-refractivity contribution is 4.89. The van der Waals surface area contributed by atoms with Crippen LogP contribution >= 0.6 is 0 Å². The van der Waals surface area contributed by atoms with E-state index in [1.54, 1.807) is 0 Å². The van der Waals surface area contributed by atoms with E-state index in [-0.39, 0.29) is 0 Å². The second-order valence-electron chi connectivity index (χ2n) is 2.34. The van der Waals surface area contributed by atoms with Gasteiger partial charge in [0.25, 0.3) is 0 Å². The maximum atomic E-state index is 3.78. The Morgan fingerprint density at radius 3 is 2.56 bits per heavy atom. The zero-order chi connectivity index (χ0) is 7.11. The normalized spacial score (nSPS) is 12.1. The van der Waals surface area contributed by atoms with Gasteiger partial charge < -0.3 is 0 Å². The Labute approximate surface area is 59.0 Å². The molecule has 0 spiro atoms. The fourth-order valence-electron chi connectivity index (χ4n) is 0.692. The van der Waals surface area contributed by atoms with Gasteiger partial charge in [-0.15, -0.1) is 0 Å². The van der Waals surface area contributed by atoms with E-state index in [0.717, 1.165) is 6.42 Å². The van der Waals surface area contributed by atoms with Crippen molar-refractivity contribution in [1.82, 2.24) is 0 Å². The maximum Gasteiger partial charge on any atom is -0.0317 e. The lowest BCUT2D eigenvalue weighted by Gasteiger charge is -1.96. The third-order valence-electron chi connectivity index (χ3n) is 1.48. The van der Waals surface area contributed by atoms with Crippen LogP contribution in [0.1, 0.15) is 39.5 Å². The standard InChI is InChI=1S/C9H16/c1-4-6-7-8-9(3)5-2/h1,4,6-8H2,2-3H3. The second kappa shape index (κ2) is 5.87. The van der Waals surface area contributed by atoms with Crippen LogP contribution in [0, 0.1) is 13.0 Å².